The van der Waals surface area contributed by atoms with Crippen LogP contribution in [-0.4, -0.2) is 57.2 Å². The number of carbonyl (C=O) groups is 1. The minimum atomic E-state index is -0.594. The van der Waals surface area contributed by atoms with E-state index in [4.69, 9.17) is 0 Å². The Morgan fingerprint density at radius 1 is 1.40 bits per heavy atom. The normalized spacial score (nSPS) is 23.3. The summed E-state index contributed by atoms with van der Waals surface area (Å²) in [5, 5.41) is 14.1. The summed E-state index contributed by atoms with van der Waals surface area (Å²) in [5.74, 6) is 0.0759. The first-order valence-electron chi connectivity index (χ1n) is 9.45. The van der Waals surface area contributed by atoms with E-state index in [1.807, 2.05) is 24.9 Å². The van der Waals surface area contributed by atoms with Crippen LogP contribution < -0.4 is 0 Å². The molecule has 25 heavy (non-hydrogen) atoms. The van der Waals surface area contributed by atoms with Crippen molar-refractivity contribution < 1.29 is 4.79 Å². The zero-order valence-corrected chi connectivity index (χ0v) is 15.4. The topological polar surface area (TPSA) is 65.2 Å². The summed E-state index contributed by atoms with van der Waals surface area (Å²) >= 11 is 0. The van der Waals surface area contributed by atoms with Gasteiger partial charge in [0.25, 0.3) is 0 Å². The fourth-order valence-corrected chi connectivity index (χ4v) is 4.27. The summed E-state index contributed by atoms with van der Waals surface area (Å²) in [6, 6.07) is 2.80. The molecule has 2 heterocycles. The van der Waals surface area contributed by atoms with E-state index in [-0.39, 0.29) is 5.91 Å². The fraction of sp³-hybridized carbons (Fsp3) is 0.737. The summed E-state index contributed by atoms with van der Waals surface area (Å²) in [6.45, 7) is 4.23. The highest BCUT2D eigenvalue weighted by atomic mass is 16.2. The zero-order valence-electron chi connectivity index (χ0n) is 15.4. The van der Waals surface area contributed by atoms with E-state index < -0.39 is 5.54 Å². The van der Waals surface area contributed by atoms with Gasteiger partial charge in [0.2, 0.25) is 5.91 Å². The van der Waals surface area contributed by atoms with Crippen LogP contribution in [0.5, 0.6) is 0 Å². The molecule has 0 spiro atoms. The number of rotatable bonds is 5. The molecule has 136 valence electrons. The number of hydrogen-bond donors (Lipinski definition) is 0. The largest absolute Gasteiger partial charge is 0.326 e. The maximum atomic E-state index is 12.9. The molecule has 1 saturated heterocycles. The first-order chi connectivity index (χ1) is 12.0. The molecule has 1 aliphatic heterocycles. The molecule has 0 radical (unpaired) electrons. The van der Waals surface area contributed by atoms with E-state index in [9.17, 15) is 10.1 Å². The van der Waals surface area contributed by atoms with Gasteiger partial charge >= 0.3 is 0 Å². The number of aryl methyl sites for hydroxylation is 1. The molecule has 0 bridgehead atoms. The van der Waals surface area contributed by atoms with Crippen molar-refractivity contribution in [2.75, 3.05) is 20.1 Å². The lowest BCUT2D eigenvalue weighted by molar-refractivity contribution is -0.136. The maximum absolute atomic E-state index is 12.9. The molecule has 0 N–H and O–H groups in total. The Hall–Kier alpha value is -1.87. The second-order valence-corrected chi connectivity index (χ2v) is 7.66. The van der Waals surface area contributed by atoms with E-state index in [0.717, 1.165) is 57.2 Å². The Balaban J connectivity index is 1.62. The van der Waals surface area contributed by atoms with Crippen LogP contribution in [0.3, 0.4) is 0 Å². The summed E-state index contributed by atoms with van der Waals surface area (Å²) in [4.78, 5) is 16.9. The van der Waals surface area contributed by atoms with Gasteiger partial charge in [0.15, 0.2) is 0 Å². The van der Waals surface area contributed by atoms with Crippen molar-refractivity contribution in [3.05, 3.63) is 18.0 Å². The van der Waals surface area contributed by atoms with Crippen LogP contribution in [0.4, 0.5) is 0 Å². The highest BCUT2D eigenvalue weighted by molar-refractivity contribution is 5.79. The average molecular weight is 343 g/mol. The first-order valence-corrected chi connectivity index (χ1v) is 9.45. The van der Waals surface area contributed by atoms with E-state index in [1.165, 1.54) is 6.42 Å². The predicted molar refractivity (Wildman–Crippen MR) is 95.8 cm³/mol. The second-order valence-electron chi connectivity index (χ2n) is 7.66. The summed E-state index contributed by atoms with van der Waals surface area (Å²) in [6.07, 6.45) is 11.0. The SMILES string of the molecule is Cc1cnn(C[C@@H]2CCCN2CC(=O)N(C)C2(C#N)CCCCC2)c1. The van der Waals surface area contributed by atoms with Crippen LogP contribution in [0.25, 0.3) is 0 Å². The molecule has 1 amide bonds. The van der Waals surface area contributed by atoms with Crippen LogP contribution >= 0.6 is 0 Å². The first kappa shape index (κ1) is 17.9. The van der Waals surface area contributed by atoms with Crippen molar-refractivity contribution in [2.24, 2.45) is 0 Å². The molecule has 1 aromatic heterocycles. The van der Waals surface area contributed by atoms with Crippen molar-refractivity contribution in [3.8, 4) is 6.07 Å². The number of nitrogens with zero attached hydrogens (tertiary/aromatic N) is 5. The monoisotopic (exact) mass is 343 g/mol. The molecule has 6 nitrogen and oxygen atoms in total. The van der Waals surface area contributed by atoms with Gasteiger partial charge in [-0.05, 0) is 44.7 Å². The second kappa shape index (κ2) is 7.57. The van der Waals surface area contributed by atoms with Gasteiger partial charge < -0.3 is 4.90 Å². The molecule has 1 aromatic rings. The van der Waals surface area contributed by atoms with Gasteiger partial charge in [0.05, 0.1) is 25.4 Å². The Kier molecular flexibility index (Phi) is 5.43. The van der Waals surface area contributed by atoms with E-state index in [2.05, 4.69) is 22.3 Å². The van der Waals surface area contributed by atoms with Crippen molar-refractivity contribution in [1.82, 2.24) is 19.6 Å². The molecule has 0 aromatic carbocycles. The highest BCUT2D eigenvalue weighted by Crippen LogP contribution is 2.32. The summed E-state index contributed by atoms with van der Waals surface area (Å²) in [7, 11) is 1.82. The quantitative estimate of drug-likeness (QED) is 0.823. The summed E-state index contributed by atoms with van der Waals surface area (Å²) < 4.78 is 1.98. The molecule has 6 heteroatoms. The van der Waals surface area contributed by atoms with Crippen molar-refractivity contribution in [3.63, 3.8) is 0 Å². The van der Waals surface area contributed by atoms with Crippen molar-refractivity contribution in [2.45, 2.75) is 70.0 Å². The van der Waals surface area contributed by atoms with Gasteiger partial charge in [0.1, 0.15) is 5.54 Å². The Bertz CT molecular complexity index is 640. The number of carbonyl (C=O) groups excluding carboxylic acids is 1. The van der Waals surface area contributed by atoms with Gasteiger partial charge in [-0.3, -0.25) is 14.4 Å². The zero-order chi connectivity index (χ0) is 17.9. The molecule has 1 atom stereocenters. The van der Waals surface area contributed by atoms with Crippen LogP contribution in [0, 0.1) is 18.3 Å². The lowest BCUT2D eigenvalue weighted by atomic mass is 9.81. The number of nitriles is 1. The third-order valence-corrected chi connectivity index (χ3v) is 5.90. The average Bonchev–Trinajstić information content (AvgIpc) is 3.24. The van der Waals surface area contributed by atoms with Crippen LogP contribution in [0.2, 0.25) is 0 Å². The lowest BCUT2D eigenvalue weighted by Crippen LogP contribution is -2.53. The smallest absolute Gasteiger partial charge is 0.237 e. The molecule has 2 aliphatic rings. The van der Waals surface area contributed by atoms with Crippen LogP contribution in [0.15, 0.2) is 12.4 Å². The number of likely N-dealkylation sites (N-methyl/N-ethyl adjacent to an activating group) is 1. The lowest BCUT2D eigenvalue weighted by Gasteiger charge is -2.40. The fourth-order valence-electron chi connectivity index (χ4n) is 4.27. The third kappa shape index (κ3) is 3.87. The predicted octanol–water partition coefficient (Wildman–Crippen LogP) is 2.34. The molecule has 3 rings (SSSR count). The Morgan fingerprint density at radius 3 is 2.80 bits per heavy atom. The van der Waals surface area contributed by atoms with Gasteiger partial charge in [-0.2, -0.15) is 10.4 Å². The molecule has 1 saturated carbocycles. The summed E-state index contributed by atoms with van der Waals surface area (Å²) in [5.41, 5.74) is 0.567. The Morgan fingerprint density at radius 2 is 2.16 bits per heavy atom. The van der Waals surface area contributed by atoms with Gasteiger partial charge in [0, 0.05) is 19.3 Å². The molecule has 1 aliphatic carbocycles. The van der Waals surface area contributed by atoms with Gasteiger partial charge in [-0.25, -0.2) is 0 Å². The minimum Gasteiger partial charge on any atom is -0.326 e. The number of likely N-dealkylation sites (tertiary alicyclic amines) is 1. The molecule has 2 fully saturated rings. The molecule has 0 unspecified atom stereocenters. The van der Waals surface area contributed by atoms with Gasteiger partial charge in [-0.15, -0.1) is 0 Å². The third-order valence-electron chi connectivity index (χ3n) is 5.90. The molecular formula is C19H29N5O. The van der Waals surface area contributed by atoms with Crippen LogP contribution in [0.1, 0.15) is 50.5 Å². The van der Waals surface area contributed by atoms with E-state index in [1.54, 1.807) is 4.90 Å². The Labute approximate surface area is 150 Å². The number of aromatic nitrogens is 2. The number of amides is 1. The molecular weight excluding hydrogens is 314 g/mol. The van der Waals surface area contributed by atoms with Crippen molar-refractivity contribution >= 4 is 5.91 Å². The maximum Gasteiger partial charge on any atom is 0.237 e. The number of hydrogen-bond acceptors (Lipinski definition) is 4. The van der Waals surface area contributed by atoms with Gasteiger partial charge in [-0.1, -0.05) is 19.3 Å². The standard InChI is InChI=1S/C19H29N5O/c1-16-11-21-24(12-16)13-17-7-6-10-23(17)14-18(25)22(2)19(15-20)8-4-3-5-9-19/h11-12,17H,3-10,13-14H2,1-2H3/t17-/m0/s1. The van der Waals surface area contributed by atoms with E-state index >= 15 is 0 Å². The van der Waals surface area contributed by atoms with E-state index in [0.29, 0.717) is 12.6 Å². The minimum absolute atomic E-state index is 0.0759. The highest BCUT2D eigenvalue weighted by Gasteiger charge is 2.39. The van der Waals surface area contributed by atoms with Crippen molar-refractivity contribution in [1.29, 1.82) is 5.26 Å². The van der Waals surface area contributed by atoms with Crippen LogP contribution in [-0.2, 0) is 11.3 Å².